The van der Waals surface area contributed by atoms with E-state index in [1.165, 1.54) is 19.3 Å². The lowest BCUT2D eigenvalue weighted by molar-refractivity contribution is 0.0953. The molecule has 1 N–H and O–H groups in total. The summed E-state index contributed by atoms with van der Waals surface area (Å²) in [4.78, 5) is 13.9. The summed E-state index contributed by atoms with van der Waals surface area (Å²) in [5, 5.41) is 2.95. The highest BCUT2D eigenvalue weighted by Gasteiger charge is 2.04. The average molecular weight is 248 g/mol. The number of hydrogen-bond donors (Lipinski definition) is 1. The summed E-state index contributed by atoms with van der Waals surface area (Å²) in [5.41, 5.74) is 1.84. The van der Waals surface area contributed by atoms with E-state index in [0.29, 0.717) is 0 Å². The van der Waals surface area contributed by atoms with Gasteiger partial charge in [0.1, 0.15) is 0 Å². The molecule has 3 heteroatoms. The fraction of sp³-hybridized carbons (Fsp3) is 0.533. The number of unbranched alkanes of at least 4 members (excludes halogenated alkanes) is 3. The van der Waals surface area contributed by atoms with Gasteiger partial charge in [0.25, 0.3) is 5.91 Å². The molecule has 1 aromatic carbocycles. The number of nitrogens with zero attached hydrogens (tertiary/aromatic N) is 1. The molecule has 0 fully saturated rings. The number of carbonyl (C=O) groups is 1. The molecule has 0 spiro atoms. The Kier molecular flexibility index (Phi) is 6.26. The van der Waals surface area contributed by atoms with Gasteiger partial charge in [-0.25, -0.2) is 0 Å². The Labute approximate surface area is 110 Å². The summed E-state index contributed by atoms with van der Waals surface area (Å²) >= 11 is 0. The maximum atomic E-state index is 11.8. The average Bonchev–Trinajstić information content (AvgIpc) is 2.38. The lowest BCUT2D eigenvalue weighted by Gasteiger charge is -2.12. The van der Waals surface area contributed by atoms with E-state index >= 15 is 0 Å². The van der Waals surface area contributed by atoms with Crippen molar-refractivity contribution < 1.29 is 4.79 Å². The quantitative estimate of drug-likeness (QED) is 0.752. The van der Waals surface area contributed by atoms with Crippen LogP contribution in [0, 0.1) is 0 Å². The molecule has 0 saturated heterocycles. The van der Waals surface area contributed by atoms with E-state index in [4.69, 9.17) is 0 Å². The van der Waals surface area contributed by atoms with Crippen LogP contribution in [-0.2, 0) is 0 Å². The smallest absolute Gasteiger partial charge is 0.251 e. The van der Waals surface area contributed by atoms with E-state index in [9.17, 15) is 4.79 Å². The Morgan fingerprint density at radius 3 is 2.33 bits per heavy atom. The molecule has 1 rings (SSSR count). The fourth-order valence-corrected chi connectivity index (χ4v) is 1.77. The van der Waals surface area contributed by atoms with E-state index in [0.717, 1.165) is 24.2 Å². The second-order valence-corrected chi connectivity index (χ2v) is 4.76. The summed E-state index contributed by atoms with van der Waals surface area (Å²) in [5.74, 6) is 0.0248. The topological polar surface area (TPSA) is 32.3 Å². The van der Waals surface area contributed by atoms with Gasteiger partial charge in [0.2, 0.25) is 0 Å². The summed E-state index contributed by atoms with van der Waals surface area (Å²) in [6, 6.07) is 7.67. The predicted octanol–water partition coefficient (Wildman–Crippen LogP) is 3.06. The van der Waals surface area contributed by atoms with Crippen molar-refractivity contribution in [1.29, 1.82) is 0 Å². The molecule has 0 bridgehead atoms. The summed E-state index contributed by atoms with van der Waals surface area (Å²) in [7, 11) is 3.98. The Morgan fingerprint density at radius 1 is 1.11 bits per heavy atom. The lowest BCUT2D eigenvalue weighted by atomic mass is 10.1. The van der Waals surface area contributed by atoms with Crippen LogP contribution in [0.4, 0.5) is 5.69 Å². The van der Waals surface area contributed by atoms with E-state index < -0.39 is 0 Å². The number of nitrogens with one attached hydrogen (secondary N) is 1. The van der Waals surface area contributed by atoms with Crippen molar-refractivity contribution in [3.05, 3.63) is 29.8 Å². The van der Waals surface area contributed by atoms with Crippen molar-refractivity contribution in [2.75, 3.05) is 25.5 Å². The van der Waals surface area contributed by atoms with Crippen LogP contribution in [0.5, 0.6) is 0 Å². The summed E-state index contributed by atoms with van der Waals surface area (Å²) in [6.07, 6.45) is 4.72. The molecule has 0 aliphatic heterocycles. The Bertz CT molecular complexity index is 357. The van der Waals surface area contributed by atoms with Crippen LogP contribution in [0.3, 0.4) is 0 Å². The zero-order valence-electron chi connectivity index (χ0n) is 11.7. The van der Waals surface area contributed by atoms with Crippen LogP contribution in [-0.4, -0.2) is 26.5 Å². The standard InChI is InChI=1S/C15H24N2O/c1-4-5-6-7-12-16-15(18)13-8-10-14(11-9-13)17(2)3/h8-11H,4-7,12H2,1-3H3,(H,16,18). The van der Waals surface area contributed by atoms with Crippen molar-refractivity contribution in [3.63, 3.8) is 0 Å². The largest absolute Gasteiger partial charge is 0.378 e. The normalized spacial score (nSPS) is 10.2. The highest BCUT2D eigenvalue weighted by atomic mass is 16.1. The van der Waals surface area contributed by atoms with E-state index in [1.807, 2.05) is 43.3 Å². The number of carbonyl (C=O) groups excluding carboxylic acids is 1. The fourth-order valence-electron chi connectivity index (χ4n) is 1.77. The Hall–Kier alpha value is -1.51. The molecule has 1 aromatic rings. The van der Waals surface area contributed by atoms with Crippen molar-refractivity contribution in [1.82, 2.24) is 5.32 Å². The molecule has 0 atom stereocenters. The third-order valence-electron chi connectivity index (χ3n) is 2.96. The van der Waals surface area contributed by atoms with Crippen molar-refractivity contribution >= 4 is 11.6 Å². The zero-order valence-corrected chi connectivity index (χ0v) is 11.7. The first-order valence-electron chi connectivity index (χ1n) is 6.70. The molecule has 0 heterocycles. The Balaban J connectivity index is 2.37. The van der Waals surface area contributed by atoms with Gasteiger partial charge in [-0.3, -0.25) is 4.79 Å². The van der Waals surface area contributed by atoms with Crippen LogP contribution in [0.2, 0.25) is 0 Å². The SMILES string of the molecule is CCCCCCNC(=O)c1ccc(N(C)C)cc1. The molecule has 1 amide bonds. The van der Waals surface area contributed by atoms with Gasteiger partial charge in [-0.05, 0) is 30.7 Å². The summed E-state index contributed by atoms with van der Waals surface area (Å²) < 4.78 is 0. The van der Waals surface area contributed by atoms with Crippen molar-refractivity contribution in [2.45, 2.75) is 32.6 Å². The van der Waals surface area contributed by atoms with Gasteiger partial charge in [-0.15, -0.1) is 0 Å². The first-order valence-corrected chi connectivity index (χ1v) is 6.70. The second-order valence-electron chi connectivity index (χ2n) is 4.76. The molecule has 3 nitrogen and oxygen atoms in total. The third-order valence-corrected chi connectivity index (χ3v) is 2.96. The van der Waals surface area contributed by atoms with Crippen molar-refractivity contribution in [3.8, 4) is 0 Å². The highest BCUT2D eigenvalue weighted by molar-refractivity contribution is 5.94. The minimum absolute atomic E-state index is 0.0248. The molecule has 0 radical (unpaired) electrons. The molecule has 0 unspecified atom stereocenters. The molecule has 0 aliphatic carbocycles. The molecule has 100 valence electrons. The van der Waals surface area contributed by atoms with Gasteiger partial charge in [-0.1, -0.05) is 26.2 Å². The minimum atomic E-state index is 0.0248. The number of amides is 1. The van der Waals surface area contributed by atoms with Gasteiger partial charge in [0, 0.05) is 31.9 Å². The second kappa shape index (κ2) is 7.75. The van der Waals surface area contributed by atoms with E-state index in [2.05, 4.69) is 12.2 Å². The predicted molar refractivity (Wildman–Crippen MR) is 77.2 cm³/mol. The van der Waals surface area contributed by atoms with Crippen molar-refractivity contribution in [2.24, 2.45) is 0 Å². The van der Waals surface area contributed by atoms with Crippen LogP contribution in [0.1, 0.15) is 43.0 Å². The molecule has 0 saturated carbocycles. The molecular formula is C15H24N2O. The van der Waals surface area contributed by atoms with E-state index in [1.54, 1.807) is 0 Å². The first kappa shape index (κ1) is 14.6. The maximum Gasteiger partial charge on any atom is 0.251 e. The van der Waals surface area contributed by atoms with Crippen LogP contribution >= 0.6 is 0 Å². The number of hydrogen-bond acceptors (Lipinski definition) is 2. The number of benzene rings is 1. The maximum absolute atomic E-state index is 11.8. The van der Waals surface area contributed by atoms with Gasteiger partial charge < -0.3 is 10.2 Å². The van der Waals surface area contributed by atoms with Gasteiger partial charge in [-0.2, -0.15) is 0 Å². The summed E-state index contributed by atoms with van der Waals surface area (Å²) in [6.45, 7) is 2.96. The highest BCUT2D eigenvalue weighted by Crippen LogP contribution is 2.12. The molecule has 18 heavy (non-hydrogen) atoms. The van der Waals surface area contributed by atoms with E-state index in [-0.39, 0.29) is 5.91 Å². The first-order chi connectivity index (χ1) is 8.65. The molecule has 0 aliphatic rings. The molecule has 0 aromatic heterocycles. The van der Waals surface area contributed by atoms with Crippen LogP contribution in [0.15, 0.2) is 24.3 Å². The van der Waals surface area contributed by atoms with Gasteiger partial charge in [0.05, 0.1) is 0 Å². The molecular weight excluding hydrogens is 224 g/mol. The minimum Gasteiger partial charge on any atom is -0.378 e. The monoisotopic (exact) mass is 248 g/mol. The van der Waals surface area contributed by atoms with Crippen LogP contribution < -0.4 is 10.2 Å². The third kappa shape index (κ3) is 4.78. The lowest BCUT2D eigenvalue weighted by Crippen LogP contribution is -2.24. The van der Waals surface area contributed by atoms with Crippen LogP contribution in [0.25, 0.3) is 0 Å². The number of anilines is 1. The van der Waals surface area contributed by atoms with Gasteiger partial charge >= 0.3 is 0 Å². The Morgan fingerprint density at radius 2 is 1.78 bits per heavy atom. The number of rotatable bonds is 7. The van der Waals surface area contributed by atoms with Gasteiger partial charge in [0.15, 0.2) is 0 Å². The zero-order chi connectivity index (χ0) is 13.4.